The van der Waals surface area contributed by atoms with Gasteiger partial charge in [-0.1, -0.05) is 36.4 Å². The van der Waals surface area contributed by atoms with Gasteiger partial charge in [0, 0.05) is 11.5 Å². The van der Waals surface area contributed by atoms with Crippen LogP contribution >= 0.6 is 11.8 Å². The normalized spacial score (nSPS) is 10.4. The minimum absolute atomic E-state index is 0.181. The second-order valence-electron chi connectivity index (χ2n) is 4.32. The Balaban J connectivity index is 2.25. The molecule has 0 aromatic heterocycles. The summed E-state index contributed by atoms with van der Waals surface area (Å²) >= 11 is 1.68. The fourth-order valence-corrected chi connectivity index (χ4v) is 2.71. The second-order valence-corrected chi connectivity index (χ2v) is 5.42. The topological polar surface area (TPSA) is 57.5 Å². The number of thioether (sulfide) groups is 1. The minimum Gasteiger partial charge on any atom is -0.478 e. The van der Waals surface area contributed by atoms with Crippen LogP contribution in [0, 0.1) is 0 Å². The van der Waals surface area contributed by atoms with Crippen molar-refractivity contribution in [1.82, 2.24) is 0 Å². The number of hydrogen-bond acceptors (Lipinski definition) is 3. The SMILES string of the molecule is O=C(O)c1ccc(-c2ccccc2CSCCO)cc1. The lowest BCUT2D eigenvalue weighted by molar-refractivity contribution is 0.0697. The Bertz CT molecular complexity index is 579. The van der Waals surface area contributed by atoms with Gasteiger partial charge in [0.1, 0.15) is 0 Å². The van der Waals surface area contributed by atoms with Crippen LogP contribution in [0.2, 0.25) is 0 Å². The average molecular weight is 288 g/mol. The summed E-state index contributed by atoms with van der Waals surface area (Å²) in [5.74, 6) is 0.632. The number of aliphatic hydroxyl groups excluding tert-OH is 1. The van der Waals surface area contributed by atoms with E-state index in [0.29, 0.717) is 11.3 Å². The first-order valence-corrected chi connectivity index (χ1v) is 7.48. The van der Waals surface area contributed by atoms with Gasteiger partial charge in [0.15, 0.2) is 0 Å². The van der Waals surface area contributed by atoms with Gasteiger partial charge in [-0.3, -0.25) is 0 Å². The summed E-state index contributed by atoms with van der Waals surface area (Å²) in [7, 11) is 0. The highest BCUT2D eigenvalue weighted by Crippen LogP contribution is 2.27. The second kappa shape index (κ2) is 7.12. The van der Waals surface area contributed by atoms with Gasteiger partial charge < -0.3 is 10.2 Å². The van der Waals surface area contributed by atoms with E-state index in [0.717, 1.165) is 16.9 Å². The lowest BCUT2D eigenvalue weighted by Crippen LogP contribution is -1.96. The molecular formula is C16H16O3S. The molecule has 0 aliphatic rings. The highest BCUT2D eigenvalue weighted by molar-refractivity contribution is 7.98. The molecule has 104 valence electrons. The lowest BCUT2D eigenvalue weighted by Gasteiger charge is -2.09. The third kappa shape index (κ3) is 3.62. The van der Waals surface area contributed by atoms with Crippen LogP contribution < -0.4 is 0 Å². The molecule has 0 radical (unpaired) electrons. The highest BCUT2D eigenvalue weighted by atomic mass is 32.2. The zero-order chi connectivity index (χ0) is 14.4. The van der Waals surface area contributed by atoms with E-state index >= 15 is 0 Å². The van der Waals surface area contributed by atoms with Crippen LogP contribution in [-0.2, 0) is 5.75 Å². The fourth-order valence-electron chi connectivity index (χ4n) is 1.97. The van der Waals surface area contributed by atoms with Crippen molar-refractivity contribution < 1.29 is 15.0 Å². The van der Waals surface area contributed by atoms with E-state index < -0.39 is 5.97 Å². The first-order valence-electron chi connectivity index (χ1n) is 6.32. The van der Waals surface area contributed by atoms with Crippen LogP contribution in [0.15, 0.2) is 48.5 Å². The maximum absolute atomic E-state index is 10.9. The quantitative estimate of drug-likeness (QED) is 0.801. The molecule has 2 rings (SSSR count). The molecule has 4 heteroatoms. The monoisotopic (exact) mass is 288 g/mol. The number of carbonyl (C=O) groups is 1. The van der Waals surface area contributed by atoms with Crippen LogP contribution in [0.25, 0.3) is 11.1 Å². The smallest absolute Gasteiger partial charge is 0.335 e. The van der Waals surface area contributed by atoms with E-state index in [4.69, 9.17) is 10.2 Å². The zero-order valence-corrected chi connectivity index (χ0v) is 11.8. The van der Waals surface area contributed by atoms with Gasteiger partial charge in [-0.25, -0.2) is 4.79 Å². The summed E-state index contributed by atoms with van der Waals surface area (Å²) in [6, 6.07) is 15.0. The molecule has 20 heavy (non-hydrogen) atoms. The number of rotatable bonds is 6. The molecule has 0 amide bonds. The van der Waals surface area contributed by atoms with Gasteiger partial charge >= 0.3 is 5.97 Å². The van der Waals surface area contributed by atoms with Crippen molar-refractivity contribution in [2.45, 2.75) is 5.75 Å². The minimum atomic E-state index is -0.914. The van der Waals surface area contributed by atoms with Crippen molar-refractivity contribution in [3.63, 3.8) is 0 Å². The van der Waals surface area contributed by atoms with Crippen LogP contribution in [0.5, 0.6) is 0 Å². The fraction of sp³-hybridized carbons (Fsp3) is 0.188. The van der Waals surface area contributed by atoms with E-state index in [1.807, 2.05) is 30.3 Å². The molecule has 0 spiro atoms. The number of aromatic carboxylic acids is 1. The summed E-state index contributed by atoms with van der Waals surface area (Å²) in [6.45, 7) is 0.181. The maximum Gasteiger partial charge on any atom is 0.335 e. The summed E-state index contributed by atoms with van der Waals surface area (Å²) in [6.07, 6.45) is 0. The number of carboxylic acids is 1. The maximum atomic E-state index is 10.9. The third-order valence-corrected chi connectivity index (χ3v) is 3.94. The molecule has 0 saturated carbocycles. The van der Waals surface area contributed by atoms with Crippen molar-refractivity contribution in [2.75, 3.05) is 12.4 Å². The molecule has 3 nitrogen and oxygen atoms in total. The van der Waals surface area contributed by atoms with Gasteiger partial charge in [-0.05, 0) is 28.8 Å². The largest absolute Gasteiger partial charge is 0.478 e. The molecule has 0 unspecified atom stereocenters. The lowest BCUT2D eigenvalue weighted by atomic mass is 9.99. The predicted molar refractivity (Wildman–Crippen MR) is 82.1 cm³/mol. The Morgan fingerprint density at radius 3 is 2.40 bits per heavy atom. The number of hydrogen-bond donors (Lipinski definition) is 2. The Kier molecular flexibility index (Phi) is 5.21. The van der Waals surface area contributed by atoms with Gasteiger partial charge in [-0.2, -0.15) is 11.8 Å². The van der Waals surface area contributed by atoms with E-state index in [-0.39, 0.29) is 6.61 Å². The molecule has 0 heterocycles. The van der Waals surface area contributed by atoms with Gasteiger partial charge in [0.2, 0.25) is 0 Å². The number of benzene rings is 2. The van der Waals surface area contributed by atoms with Gasteiger partial charge in [-0.15, -0.1) is 0 Å². The van der Waals surface area contributed by atoms with Crippen LogP contribution in [0.4, 0.5) is 0 Å². The predicted octanol–water partition coefficient (Wildman–Crippen LogP) is 3.28. The Morgan fingerprint density at radius 2 is 1.75 bits per heavy atom. The molecule has 0 bridgehead atoms. The first kappa shape index (κ1) is 14.6. The molecule has 2 aromatic carbocycles. The zero-order valence-electron chi connectivity index (χ0n) is 11.0. The van der Waals surface area contributed by atoms with Crippen molar-refractivity contribution in [1.29, 1.82) is 0 Å². The molecule has 0 atom stereocenters. The van der Waals surface area contributed by atoms with E-state index in [2.05, 4.69) is 6.07 Å². The summed E-state index contributed by atoms with van der Waals surface area (Å²) < 4.78 is 0. The summed E-state index contributed by atoms with van der Waals surface area (Å²) in [5.41, 5.74) is 3.60. The summed E-state index contributed by atoms with van der Waals surface area (Å²) in [4.78, 5) is 10.9. The molecular weight excluding hydrogens is 272 g/mol. The first-order chi connectivity index (χ1) is 9.72. The van der Waals surface area contributed by atoms with E-state index in [1.165, 1.54) is 5.56 Å². The van der Waals surface area contributed by atoms with Crippen LogP contribution in [-0.4, -0.2) is 28.5 Å². The molecule has 0 saturated heterocycles. The van der Waals surface area contributed by atoms with E-state index in [9.17, 15) is 4.79 Å². The Labute approximate surface area is 122 Å². The molecule has 0 aliphatic heterocycles. The van der Waals surface area contributed by atoms with Crippen LogP contribution in [0.3, 0.4) is 0 Å². The van der Waals surface area contributed by atoms with Crippen molar-refractivity contribution >= 4 is 17.7 Å². The highest BCUT2D eigenvalue weighted by Gasteiger charge is 2.06. The standard InChI is InChI=1S/C16H16O3S/c17-9-10-20-11-14-3-1-2-4-15(14)12-5-7-13(8-6-12)16(18)19/h1-8,17H,9-11H2,(H,18,19). The molecule has 2 aromatic rings. The Hall–Kier alpha value is -1.78. The van der Waals surface area contributed by atoms with Crippen molar-refractivity contribution in [2.24, 2.45) is 0 Å². The summed E-state index contributed by atoms with van der Waals surface area (Å²) in [5, 5.41) is 17.8. The van der Waals surface area contributed by atoms with Gasteiger partial charge in [0.05, 0.1) is 12.2 Å². The van der Waals surface area contributed by atoms with Crippen molar-refractivity contribution in [3.8, 4) is 11.1 Å². The average Bonchev–Trinajstić information content (AvgIpc) is 2.48. The number of aliphatic hydroxyl groups is 1. The third-order valence-electron chi connectivity index (χ3n) is 2.95. The van der Waals surface area contributed by atoms with Gasteiger partial charge in [0.25, 0.3) is 0 Å². The van der Waals surface area contributed by atoms with Crippen LogP contribution in [0.1, 0.15) is 15.9 Å². The van der Waals surface area contributed by atoms with E-state index in [1.54, 1.807) is 23.9 Å². The Morgan fingerprint density at radius 1 is 1.05 bits per heavy atom. The number of carboxylic acid groups (broad SMARTS) is 1. The molecule has 0 aliphatic carbocycles. The molecule has 2 N–H and O–H groups in total. The molecule has 0 fully saturated rings. The van der Waals surface area contributed by atoms with Crippen molar-refractivity contribution in [3.05, 3.63) is 59.7 Å².